The van der Waals surface area contributed by atoms with Crippen molar-refractivity contribution >= 4 is 11.7 Å². The van der Waals surface area contributed by atoms with Gasteiger partial charge in [-0.1, -0.05) is 31.3 Å². The maximum atomic E-state index is 12.2. The zero-order valence-corrected chi connectivity index (χ0v) is 12.8. The van der Waals surface area contributed by atoms with Gasteiger partial charge in [0.15, 0.2) is 5.76 Å². The number of aromatic nitrogens is 1. The average Bonchev–Trinajstić information content (AvgIpc) is 2.69. The molecule has 0 spiro atoms. The Labute approximate surface area is 125 Å². The summed E-state index contributed by atoms with van der Waals surface area (Å²) < 4.78 is 5.11. The Morgan fingerprint density at radius 3 is 2.86 bits per heavy atom. The fourth-order valence-electron chi connectivity index (χ4n) is 2.93. The van der Waals surface area contributed by atoms with Crippen LogP contribution in [0.4, 0.5) is 10.5 Å². The number of rotatable bonds is 4. The van der Waals surface area contributed by atoms with Gasteiger partial charge in [-0.3, -0.25) is 0 Å². The molecule has 1 aliphatic rings. The number of carbonyl (C=O) groups excluding carboxylic acids is 1. The Hall–Kier alpha value is -1.56. The fourth-order valence-corrected chi connectivity index (χ4v) is 2.93. The van der Waals surface area contributed by atoms with Crippen molar-refractivity contribution < 1.29 is 14.4 Å². The topological polar surface area (TPSA) is 87.4 Å². The fraction of sp³-hybridized carbons (Fsp3) is 0.733. The van der Waals surface area contributed by atoms with E-state index in [1.54, 1.807) is 6.92 Å². The molecule has 0 bridgehead atoms. The summed E-state index contributed by atoms with van der Waals surface area (Å²) in [4.78, 5) is 12.2. The first-order valence-corrected chi connectivity index (χ1v) is 7.79. The Balaban J connectivity index is 1.98. The van der Waals surface area contributed by atoms with Crippen LogP contribution in [0.3, 0.4) is 0 Å². The summed E-state index contributed by atoms with van der Waals surface area (Å²) in [5.74, 6) is 0.758. The van der Waals surface area contributed by atoms with Gasteiger partial charge < -0.3 is 20.3 Å². The number of carbonyl (C=O) groups is 1. The van der Waals surface area contributed by atoms with E-state index in [0.717, 1.165) is 31.4 Å². The summed E-state index contributed by atoms with van der Waals surface area (Å²) in [6.07, 6.45) is 5.97. The summed E-state index contributed by atoms with van der Waals surface area (Å²) in [7, 11) is 0. The third kappa shape index (κ3) is 3.97. The first-order valence-electron chi connectivity index (χ1n) is 7.79. The normalized spacial score (nSPS) is 22.6. The van der Waals surface area contributed by atoms with Crippen LogP contribution in [0.25, 0.3) is 0 Å². The highest BCUT2D eigenvalue weighted by atomic mass is 16.5. The molecule has 0 aliphatic heterocycles. The molecular weight excluding hydrogens is 270 g/mol. The number of hydrogen-bond donors (Lipinski definition) is 3. The molecule has 0 radical (unpaired) electrons. The molecule has 3 N–H and O–H groups in total. The Morgan fingerprint density at radius 1 is 1.38 bits per heavy atom. The average molecular weight is 295 g/mol. The number of hydrogen-bond acceptors (Lipinski definition) is 4. The first-order chi connectivity index (χ1) is 10.2. The van der Waals surface area contributed by atoms with Gasteiger partial charge in [-0.25, -0.2) is 4.79 Å². The molecule has 0 saturated heterocycles. The number of nitrogens with zero attached hydrogens (tertiary/aromatic N) is 1. The lowest BCUT2D eigenvalue weighted by Crippen LogP contribution is -2.43. The van der Waals surface area contributed by atoms with Crippen molar-refractivity contribution in [3.8, 4) is 0 Å². The lowest BCUT2D eigenvalue weighted by molar-refractivity contribution is 0.182. The third-order valence-corrected chi connectivity index (χ3v) is 4.22. The second-order valence-corrected chi connectivity index (χ2v) is 5.70. The van der Waals surface area contributed by atoms with Crippen LogP contribution in [-0.2, 0) is 6.42 Å². The van der Waals surface area contributed by atoms with Crippen molar-refractivity contribution in [3.63, 3.8) is 0 Å². The maximum Gasteiger partial charge on any atom is 0.319 e. The Kier molecular flexibility index (Phi) is 5.61. The molecule has 1 aliphatic carbocycles. The molecule has 0 aromatic carbocycles. The number of urea groups is 1. The maximum absolute atomic E-state index is 12.2. The molecule has 1 saturated carbocycles. The molecular formula is C15H25N3O3. The summed E-state index contributed by atoms with van der Waals surface area (Å²) in [5.41, 5.74) is 1.41. The number of aliphatic hydroxyl groups is 1. The van der Waals surface area contributed by atoms with Gasteiger partial charge in [-0.15, -0.1) is 0 Å². The molecule has 2 rings (SSSR count). The Morgan fingerprint density at radius 2 is 2.14 bits per heavy atom. The van der Waals surface area contributed by atoms with E-state index in [1.165, 1.54) is 6.42 Å². The number of aliphatic hydroxyl groups excluding tert-OH is 1. The van der Waals surface area contributed by atoms with Crippen molar-refractivity contribution in [2.24, 2.45) is 5.92 Å². The second-order valence-electron chi connectivity index (χ2n) is 5.70. The molecule has 1 fully saturated rings. The number of nitrogens with one attached hydrogen (secondary N) is 2. The molecule has 1 aromatic heterocycles. The smallest absolute Gasteiger partial charge is 0.319 e. The van der Waals surface area contributed by atoms with Crippen LogP contribution in [0.1, 0.15) is 50.5 Å². The van der Waals surface area contributed by atoms with Gasteiger partial charge in [-0.05, 0) is 26.2 Å². The van der Waals surface area contributed by atoms with E-state index in [9.17, 15) is 9.90 Å². The molecule has 118 valence electrons. The standard InChI is InChI=1S/C15H25N3O3/c1-3-12-14(10(2)21-18-12)17-15(20)16-13-8-6-4-5-7-11(13)9-19/h11,13,19H,3-9H2,1-2H3,(H2,16,17,20). The molecule has 2 unspecified atom stereocenters. The predicted molar refractivity (Wildman–Crippen MR) is 80.2 cm³/mol. The summed E-state index contributed by atoms with van der Waals surface area (Å²) in [6.45, 7) is 3.87. The van der Waals surface area contributed by atoms with Gasteiger partial charge >= 0.3 is 6.03 Å². The molecule has 6 heteroatoms. The monoisotopic (exact) mass is 295 g/mol. The van der Waals surface area contributed by atoms with E-state index in [4.69, 9.17) is 4.52 Å². The third-order valence-electron chi connectivity index (χ3n) is 4.22. The van der Waals surface area contributed by atoms with E-state index >= 15 is 0 Å². The largest absolute Gasteiger partial charge is 0.396 e. The lowest BCUT2D eigenvalue weighted by atomic mass is 9.96. The zero-order valence-electron chi connectivity index (χ0n) is 12.8. The predicted octanol–water partition coefficient (Wildman–Crippen LogP) is 2.61. The van der Waals surface area contributed by atoms with Crippen molar-refractivity contribution in [2.75, 3.05) is 11.9 Å². The van der Waals surface area contributed by atoms with Crippen molar-refractivity contribution in [2.45, 2.75) is 58.4 Å². The lowest BCUT2D eigenvalue weighted by Gasteiger charge is -2.24. The van der Waals surface area contributed by atoms with Crippen LogP contribution in [0.15, 0.2) is 4.52 Å². The van der Waals surface area contributed by atoms with Crippen LogP contribution in [0, 0.1) is 12.8 Å². The summed E-state index contributed by atoms with van der Waals surface area (Å²) in [5, 5.41) is 19.2. The van der Waals surface area contributed by atoms with E-state index in [1.807, 2.05) is 6.92 Å². The van der Waals surface area contributed by atoms with Gasteiger partial charge in [0.1, 0.15) is 11.4 Å². The van der Waals surface area contributed by atoms with Crippen LogP contribution < -0.4 is 10.6 Å². The number of aryl methyl sites for hydroxylation is 2. The molecule has 6 nitrogen and oxygen atoms in total. The Bertz CT molecular complexity index is 473. The minimum absolute atomic E-state index is 0.0303. The van der Waals surface area contributed by atoms with Gasteiger partial charge in [-0.2, -0.15) is 0 Å². The summed E-state index contributed by atoms with van der Waals surface area (Å²) in [6, 6.07) is -0.218. The number of anilines is 1. The molecule has 21 heavy (non-hydrogen) atoms. The van der Waals surface area contributed by atoms with Crippen molar-refractivity contribution in [1.82, 2.24) is 10.5 Å². The minimum atomic E-state index is -0.249. The van der Waals surface area contributed by atoms with Gasteiger partial charge in [0.05, 0.1) is 0 Å². The molecule has 2 amide bonds. The zero-order chi connectivity index (χ0) is 15.2. The van der Waals surface area contributed by atoms with Crippen molar-refractivity contribution in [3.05, 3.63) is 11.5 Å². The summed E-state index contributed by atoms with van der Waals surface area (Å²) >= 11 is 0. The van der Waals surface area contributed by atoms with Crippen molar-refractivity contribution in [1.29, 1.82) is 0 Å². The highest BCUT2D eigenvalue weighted by Crippen LogP contribution is 2.24. The highest BCUT2D eigenvalue weighted by molar-refractivity contribution is 5.90. The van der Waals surface area contributed by atoms with Crippen LogP contribution in [-0.4, -0.2) is 28.9 Å². The first kappa shape index (κ1) is 15.8. The minimum Gasteiger partial charge on any atom is -0.396 e. The van der Waals surface area contributed by atoms with Gasteiger partial charge in [0.2, 0.25) is 0 Å². The quantitative estimate of drug-likeness (QED) is 0.745. The van der Waals surface area contributed by atoms with Gasteiger partial charge in [0, 0.05) is 18.6 Å². The van der Waals surface area contributed by atoms with E-state index in [2.05, 4.69) is 15.8 Å². The second kappa shape index (κ2) is 7.45. The van der Waals surface area contributed by atoms with Crippen LogP contribution in [0.5, 0.6) is 0 Å². The molecule has 2 atom stereocenters. The van der Waals surface area contributed by atoms with E-state index < -0.39 is 0 Å². The molecule has 1 aromatic rings. The van der Waals surface area contributed by atoms with Crippen LogP contribution >= 0.6 is 0 Å². The number of amides is 2. The van der Waals surface area contributed by atoms with E-state index in [0.29, 0.717) is 17.9 Å². The SMILES string of the molecule is CCc1noc(C)c1NC(=O)NC1CCCCCC1CO. The molecule has 1 heterocycles. The van der Waals surface area contributed by atoms with Crippen LogP contribution in [0.2, 0.25) is 0 Å². The van der Waals surface area contributed by atoms with E-state index in [-0.39, 0.29) is 24.6 Å². The van der Waals surface area contributed by atoms with Gasteiger partial charge in [0.25, 0.3) is 0 Å². The highest BCUT2D eigenvalue weighted by Gasteiger charge is 2.25.